The summed E-state index contributed by atoms with van der Waals surface area (Å²) in [4.78, 5) is 0. The van der Waals surface area contributed by atoms with Crippen LogP contribution >= 0.6 is 0 Å². The van der Waals surface area contributed by atoms with Crippen molar-refractivity contribution >= 4 is 0 Å². The molecule has 0 amide bonds. The molecule has 1 fully saturated rings. The lowest BCUT2D eigenvalue weighted by molar-refractivity contribution is -0.263. The summed E-state index contributed by atoms with van der Waals surface area (Å²) in [6.07, 6.45) is -1.62. The van der Waals surface area contributed by atoms with Crippen LogP contribution < -0.4 is 0 Å². The Bertz CT molecular complexity index is 161. The third-order valence-corrected chi connectivity index (χ3v) is 2.49. The van der Waals surface area contributed by atoms with Crippen LogP contribution in [0.1, 0.15) is 20.3 Å². The smallest absolute Gasteiger partial charge is 0.157 e. The van der Waals surface area contributed by atoms with Crippen molar-refractivity contribution in [1.29, 1.82) is 0 Å². The molecule has 0 saturated carbocycles. The summed E-state index contributed by atoms with van der Waals surface area (Å²) in [6.45, 7) is 3.48. The normalized spacial score (nSPS) is 49.2. The average Bonchev–Trinajstić information content (AvgIpc) is 2.00. The lowest BCUT2D eigenvalue weighted by atomic mass is 9.89. The van der Waals surface area contributed by atoms with E-state index in [1.54, 1.807) is 13.8 Å². The van der Waals surface area contributed by atoms with Crippen LogP contribution in [0.5, 0.6) is 0 Å². The average molecular weight is 176 g/mol. The fourth-order valence-electron chi connectivity index (χ4n) is 1.54. The van der Waals surface area contributed by atoms with Gasteiger partial charge in [0.25, 0.3) is 0 Å². The maximum absolute atomic E-state index is 9.65. The maximum Gasteiger partial charge on any atom is 0.157 e. The number of methoxy groups -OCH3 is 1. The van der Waals surface area contributed by atoms with Gasteiger partial charge in [0, 0.05) is 13.5 Å². The second kappa shape index (κ2) is 3.30. The molecule has 0 aromatic heterocycles. The predicted octanol–water partition coefficient (Wildman–Crippen LogP) is -0.120. The van der Waals surface area contributed by atoms with E-state index < -0.39 is 24.1 Å². The Hall–Kier alpha value is -0.160. The Morgan fingerprint density at radius 3 is 2.58 bits per heavy atom. The summed E-state index contributed by atoms with van der Waals surface area (Å²) < 4.78 is 10.2. The molecule has 4 nitrogen and oxygen atoms in total. The summed E-state index contributed by atoms with van der Waals surface area (Å²) in [5, 5.41) is 18.9. The van der Waals surface area contributed by atoms with E-state index in [0.717, 1.165) is 0 Å². The first-order valence-corrected chi connectivity index (χ1v) is 4.06. The van der Waals surface area contributed by atoms with Crippen molar-refractivity contribution in [3.8, 4) is 0 Å². The first-order chi connectivity index (χ1) is 5.49. The molecule has 0 aliphatic carbocycles. The molecule has 4 heteroatoms. The summed E-state index contributed by atoms with van der Waals surface area (Å²) in [5.41, 5.74) is -0.697. The first-order valence-electron chi connectivity index (χ1n) is 4.06. The zero-order valence-corrected chi connectivity index (χ0v) is 7.65. The fraction of sp³-hybridized carbons (Fsp3) is 1.00. The standard InChI is InChI=1S/C8H16O4/c1-5-7(10)8(2,11-3)4-6(9)12-5/h5-7,9-10H,4H2,1-3H3/t5?,6-,7?,8?/m1/s1. The Kier molecular flexibility index (Phi) is 2.73. The second-order valence-corrected chi connectivity index (χ2v) is 3.46. The quantitative estimate of drug-likeness (QED) is 0.584. The molecule has 0 aromatic carbocycles. The van der Waals surface area contributed by atoms with E-state index in [1.807, 2.05) is 0 Å². The van der Waals surface area contributed by atoms with Crippen molar-refractivity contribution in [2.75, 3.05) is 7.11 Å². The minimum atomic E-state index is -0.839. The molecule has 1 aliphatic heterocycles. The predicted molar refractivity (Wildman–Crippen MR) is 42.6 cm³/mol. The molecule has 2 N–H and O–H groups in total. The van der Waals surface area contributed by atoms with Gasteiger partial charge in [-0.05, 0) is 13.8 Å². The zero-order chi connectivity index (χ0) is 9.35. The molecular formula is C8H16O4. The first kappa shape index (κ1) is 9.92. The molecule has 0 radical (unpaired) electrons. The Labute approximate surface area is 72.1 Å². The SMILES string of the molecule is COC1(C)C[C@H](O)OC(C)C1O. The highest BCUT2D eigenvalue weighted by atomic mass is 16.6. The minimum absolute atomic E-state index is 0.301. The number of ether oxygens (including phenoxy) is 2. The zero-order valence-electron chi connectivity index (χ0n) is 7.65. The maximum atomic E-state index is 9.65. The molecule has 4 atom stereocenters. The van der Waals surface area contributed by atoms with Crippen LogP contribution in [0, 0.1) is 0 Å². The molecule has 72 valence electrons. The van der Waals surface area contributed by atoms with Crippen molar-refractivity contribution in [1.82, 2.24) is 0 Å². The molecule has 0 aromatic rings. The van der Waals surface area contributed by atoms with E-state index in [4.69, 9.17) is 9.47 Å². The highest BCUT2D eigenvalue weighted by Crippen LogP contribution is 2.30. The minimum Gasteiger partial charge on any atom is -0.387 e. The summed E-state index contributed by atoms with van der Waals surface area (Å²) >= 11 is 0. The van der Waals surface area contributed by atoms with Gasteiger partial charge in [0.15, 0.2) is 6.29 Å². The molecule has 0 spiro atoms. The summed E-state index contributed by atoms with van der Waals surface area (Å²) in [7, 11) is 1.52. The molecule has 12 heavy (non-hydrogen) atoms. The fourth-order valence-corrected chi connectivity index (χ4v) is 1.54. The van der Waals surface area contributed by atoms with Gasteiger partial charge in [-0.3, -0.25) is 0 Å². The van der Waals surface area contributed by atoms with E-state index in [2.05, 4.69) is 0 Å². The van der Waals surface area contributed by atoms with Crippen molar-refractivity contribution in [3.05, 3.63) is 0 Å². The second-order valence-electron chi connectivity index (χ2n) is 3.46. The van der Waals surface area contributed by atoms with Crippen LogP contribution in [-0.4, -0.2) is 41.4 Å². The van der Waals surface area contributed by atoms with E-state index in [9.17, 15) is 10.2 Å². The summed E-state index contributed by atoms with van der Waals surface area (Å²) in [6, 6.07) is 0. The van der Waals surface area contributed by atoms with Crippen LogP contribution in [0.3, 0.4) is 0 Å². The molecule has 1 rings (SSSR count). The van der Waals surface area contributed by atoms with E-state index >= 15 is 0 Å². The van der Waals surface area contributed by atoms with Crippen LogP contribution in [0.2, 0.25) is 0 Å². The van der Waals surface area contributed by atoms with Gasteiger partial charge in [0.05, 0.1) is 11.7 Å². The van der Waals surface area contributed by atoms with Gasteiger partial charge in [0.1, 0.15) is 6.10 Å². The molecule has 1 heterocycles. The van der Waals surface area contributed by atoms with Crippen molar-refractivity contribution in [2.24, 2.45) is 0 Å². The Morgan fingerprint density at radius 2 is 2.08 bits per heavy atom. The van der Waals surface area contributed by atoms with Gasteiger partial charge in [-0.25, -0.2) is 0 Å². The van der Waals surface area contributed by atoms with E-state index in [0.29, 0.717) is 6.42 Å². The van der Waals surface area contributed by atoms with Crippen molar-refractivity contribution in [2.45, 2.75) is 44.4 Å². The van der Waals surface area contributed by atoms with Gasteiger partial charge in [-0.15, -0.1) is 0 Å². The van der Waals surface area contributed by atoms with Crippen LogP contribution in [0.25, 0.3) is 0 Å². The lowest BCUT2D eigenvalue weighted by Crippen LogP contribution is -2.55. The Balaban J connectivity index is 2.72. The number of hydrogen-bond acceptors (Lipinski definition) is 4. The lowest BCUT2D eigenvalue weighted by Gasteiger charge is -2.42. The number of rotatable bonds is 1. The number of aliphatic hydroxyl groups excluding tert-OH is 2. The Morgan fingerprint density at radius 1 is 1.50 bits per heavy atom. The van der Waals surface area contributed by atoms with Gasteiger partial charge >= 0.3 is 0 Å². The van der Waals surface area contributed by atoms with Gasteiger partial charge < -0.3 is 19.7 Å². The largest absolute Gasteiger partial charge is 0.387 e. The number of hydrogen-bond donors (Lipinski definition) is 2. The highest BCUT2D eigenvalue weighted by Gasteiger charge is 2.44. The molecular weight excluding hydrogens is 160 g/mol. The van der Waals surface area contributed by atoms with Crippen LogP contribution in [-0.2, 0) is 9.47 Å². The van der Waals surface area contributed by atoms with Crippen LogP contribution in [0.15, 0.2) is 0 Å². The van der Waals surface area contributed by atoms with Gasteiger partial charge in [0.2, 0.25) is 0 Å². The van der Waals surface area contributed by atoms with Gasteiger partial charge in [-0.2, -0.15) is 0 Å². The van der Waals surface area contributed by atoms with Crippen LogP contribution in [0.4, 0.5) is 0 Å². The summed E-state index contributed by atoms with van der Waals surface area (Å²) in [5.74, 6) is 0. The van der Waals surface area contributed by atoms with Gasteiger partial charge in [-0.1, -0.05) is 0 Å². The van der Waals surface area contributed by atoms with E-state index in [-0.39, 0.29) is 0 Å². The number of aliphatic hydroxyl groups is 2. The molecule has 1 aliphatic rings. The van der Waals surface area contributed by atoms with Crippen molar-refractivity contribution in [3.63, 3.8) is 0 Å². The van der Waals surface area contributed by atoms with E-state index in [1.165, 1.54) is 7.11 Å². The third-order valence-electron chi connectivity index (χ3n) is 2.49. The highest BCUT2D eigenvalue weighted by molar-refractivity contribution is 4.91. The monoisotopic (exact) mass is 176 g/mol. The van der Waals surface area contributed by atoms with Crippen molar-refractivity contribution < 1.29 is 19.7 Å². The topological polar surface area (TPSA) is 58.9 Å². The third kappa shape index (κ3) is 1.61. The molecule has 1 saturated heterocycles. The molecule has 3 unspecified atom stereocenters. The molecule has 0 bridgehead atoms.